The van der Waals surface area contributed by atoms with Crippen LogP contribution in [-0.4, -0.2) is 26.4 Å². The van der Waals surface area contributed by atoms with Crippen molar-refractivity contribution < 1.29 is 4.74 Å². The smallest absolute Gasteiger partial charge is 0.242 e. The number of nitrogen functional groups attached to an aromatic ring is 1. The van der Waals surface area contributed by atoms with Gasteiger partial charge in [0.2, 0.25) is 5.88 Å². The number of anilines is 3. The van der Waals surface area contributed by atoms with Gasteiger partial charge in [-0.3, -0.25) is 4.68 Å². The minimum absolute atomic E-state index is 0.375. The molecule has 7 heteroatoms. The molecule has 0 saturated heterocycles. The molecule has 0 amide bonds. The molecule has 0 aromatic carbocycles. The van der Waals surface area contributed by atoms with Crippen molar-refractivity contribution in [3.05, 3.63) is 18.6 Å². The van der Waals surface area contributed by atoms with E-state index in [2.05, 4.69) is 20.4 Å². The minimum atomic E-state index is 0.375. The maximum absolute atomic E-state index is 5.88. The predicted octanol–water partition coefficient (Wildman–Crippen LogP) is 0.935. The van der Waals surface area contributed by atoms with Gasteiger partial charge in [-0.05, 0) is 6.92 Å². The molecule has 3 N–H and O–H groups in total. The quantitative estimate of drug-likeness (QED) is 0.818. The van der Waals surface area contributed by atoms with Crippen molar-refractivity contribution in [2.75, 3.05) is 17.7 Å². The summed E-state index contributed by atoms with van der Waals surface area (Å²) >= 11 is 0. The molecule has 2 heterocycles. The highest BCUT2D eigenvalue weighted by molar-refractivity contribution is 5.70. The number of hydrogen-bond donors (Lipinski definition) is 2. The Hall–Kier alpha value is -2.31. The first-order valence-corrected chi connectivity index (χ1v) is 5.20. The highest BCUT2D eigenvalue weighted by atomic mass is 16.5. The molecule has 0 saturated carbocycles. The third kappa shape index (κ3) is 2.44. The lowest BCUT2D eigenvalue weighted by atomic mass is 10.4. The van der Waals surface area contributed by atoms with Gasteiger partial charge in [0.05, 0.1) is 6.61 Å². The second-order valence-electron chi connectivity index (χ2n) is 3.37. The Balaban J connectivity index is 2.23. The number of hydrogen-bond acceptors (Lipinski definition) is 6. The van der Waals surface area contributed by atoms with E-state index in [9.17, 15) is 0 Å². The van der Waals surface area contributed by atoms with E-state index in [0.29, 0.717) is 29.8 Å². The summed E-state index contributed by atoms with van der Waals surface area (Å²) in [5, 5.41) is 7.18. The summed E-state index contributed by atoms with van der Waals surface area (Å²) in [6, 6.07) is 1.82. The Morgan fingerprint density at radius 2 is 2.29 bits per heavy atom. The van der Waals surface area contributed by atoms with Crippen LogP contribution < -0.4 is 15.8 Å². The van der Waals surface area contributed by atoms with Crippen LogP contribution in [0.15, 0.2) is 18.6 Å². The lowest BCUT2D eigenvalue weighted by Crippen LogP contribution is -2.05. The first-order valence-electron chi connectivity index (χ1n) is 5.20. The maximum atomic E-state index is 5.88. The van der Waals surface area contributed by atoms with Crippen molar-refractivity contribution in [2.45, 2.75) is 6.92 Å². The molecule has 0 fully saturated rings. The zero-order chi connectivity index (χ0) is 12.3. The fourth-order valence-corrected chi connectivity index (χ4v) is 1.33. The van der Waals surface area contributed by atoms with E-state index in [1.807, 2.05) is 26.2 Å². The molecule has 0 bridgehead atoms. The molecule has 90 valence electrons. The van der Waals surface area contributed by atoms with E-state index in [4.69, 9.17) is 10.5 Å². The normalized spacial score (nSPS) is 10.2. The van der Waals surface area contributed by atoms with Crippen LogP contribution in [0.5, 0.6) is 5.88 Å². The molecule has 0 atom stereocenters. The van der Waals surface area contributed by atoms with E-state index >= 15 is 0 Å². The van der Waals surface area contributed by atoms with Crippen molar-refractivity contribution in [3.63, 3.8) is 0 Å². The Morgan fingerprint density at radius 3 is 2.94 bits per heavy atom. The van der Waals surface area contributed by atoms with Gasteiger partial charge in [-0.25, -0.2) is 4.98 Å². The minimum Gasteiger partial charge on any atom is -0.476 e. The molecule has 0 aliphatic rings. The molecule has 0 unspecified atom stereocenters. The second-order valence-corrected chi connectivity index (χ2v) is 3.37. The number of aromatic nitrogens is 4. The Bertz CT molecular complexity index is 509. The van der Waals surface area contributed by atoms with E-state index in [1.54, 1.807) is 4.68 Å². The molecular weight excluding hydrogens is 220 g/mol. The number of nitrogens with one attached hydrogen (secondary N) is 1. The number of nitrogens with zero attached hydrogens (tertiary/aromatic N) is 4. The van der Waals surface area contributed by atoms with E-state index in [1.165, 1.54) is 6.33 Å². The van der Waals surface area contributed by atoms with Crippen molar-refractivity contribution in [3.8, 4) is 5.88 Å². The molecule has 0 radical (unpaired) electrons. The standard InChI is InChI=1S/C10H14N6O/c1-3-17-10-8(11)9(12-6-13-10)14-7-4-5-16(2)15-7/h4-6H,3,11H2,1-2H3,(H,12,13,14,15). The van der Waals surface area contributed by atoms with Crippen molar-refractivity contribution in [2.24, 2.45) is 7.05 Å². The molecule has 2 aromatic heterocycles. The van der Waals surface area contributed by atoms with Crippen molar-refractivity contribution in [1.82, 2.24) is 19.7 Å². The molecule has 0 aliphatic heterocycles. The Labute approximate surface area is 98.6 Å². The summed E-state index contributed by atoms with van der Waals surface area (Å²) in [5.74, 6) is 1.53. The molecule has 0 spiro atoms. The van der Waals surface area contributed by atoms with Gasteiger partial charge in [-0.1, -0.05) is 0 Å². The van der Waals surface area contributed by atoms with Gasteiger partial charge in [0.25, 0.3) is 0 Å². The summed E-state index contributed by atoms with van der Waals surface area (Å²) in [6.07, 6.45) is 3.22. The molecule has 0 aliphatic carbocycles. The van der Waals surface area contributed by atoms with Crippen LogP contribution in [0.2, 0.25) is 0 Å². The molecule has 17 heavy (non-hydrogen) atoms. The number of rotatable bonds is 4. The summed E-state index contributed by atoms with van der Waals surface area (Å²) in [7, 11) is 1.83. The lowest BCUT2D eigenvalue weighted by molar-refractivity contribution is 0.328. The van der Waals surface area contributed by atoms with Crippen molar-refractivity contribution >= 4 is 17.3 Å². The summed E-state index contributed by atoms with van der Waals surface area (Å²) in [6.45, 7) is 2.37. The maximum Gasteiger partial charge on any atom is 0.242 e. The third-order valence-electron chi connectivity index (χ3n) is 2.09. The van der Waals surface area contributed by atoms with Gasteiger partial charge in [-0.15, -0.1) is 0 Å². The number of nitrogens with two attached hydrogens (primary N) is 1. The van der Waals surface area contributed by atoms with Crippen LogP contribution in [0, 0.1) is 0 Å². The van der Waals surface area contributed by atoms with Crippen LogP contribution in [-0.2, 0) is 7.05 Å². The topological polar surface area (TPSA) is 90.9 Å². The number of ether oxygens (including phenoxy) is 1. The van der Waals surface area contributed by atoms with Gasteiger partial charge in [0.1, 0.15) is 12.0 Å². The monoisotopic (exact) mass is 234 g/mol. The Morgan fingerprint density at radius 1 is 1.47 bits per heavy atom. The zero-order valence-corrected chi connectivity index (χ0v) is 9.71. The van der Waals surface area contributed by atoms with Gasteiger partial charge in [0.15, 0.2) is 11.6 Å². The largest absolute Gasteiger partial charge is 0.476 e. The lowest BCUT2D eigenvalue weighted by Gasteiger charge is -2.09. The van der Waals surface area contributed by atoms with Crippen molar-refractivity contribution in [1.29, 1.82) is 0 Å². The summed E-state index contributed by atoms with van der Waals surface area (Å²) in [4.78, 5) is 8.00. The van der Waals surface area contributed by atoms with E-state index in [0.717, 1.165) is 0 Å². The predicted molar refractivity (Wildman–Crippen MR) is 64.1 cm³/mol. The summed E-state index contributed by atoms with van der Waals surface area (Å²) < 4.78 is 6.96. The average Bonchev–Trinajstić information content (AvgIpc) is 2.70. The first-order chi connectivity index (χ1) is 8.20. The second kappa shape index (κ2) is 4.69. The van der Waals surface area contributed by atoms with Gasteiger partial charge in [-0.2, -0.15) is 10.1 Å². The Kier molecular flexibility index (Phi) is 3.08. The molecule has 2 rings (SSSR count). The molecule has 7 nitrogen and oxygen atoms in total. The fraction of sp³-hybridized carbons (Fsp3) is 0.300. The van der Waals surface area contributed by atoms with E-state index in [-0.39, 0.29) is 0 Å². The van der Waals surface area contributed by atoms with Crippen LogP contribution in [0.25, 0.3) is 0 Å². The van der Waals surface area contributed by atoms with Gasteiger partial charge >= 0.3 is 0 Å². The molecule has 2 aromatic rings. The van der Waals surface area contributed by atoms with Crippen LogP contribution in [0.3, 0.4) is 0 Å². The highest BCUT2D eigenvalue weighted by Gasteiger charge is 2.09. The van der Waals surface area contributed by atoms with Gasteiger partial charge < -0.3 is 15.8 Å². The van der Waals surface area contributed by atoms with Crippen LogP contribution in [0.1, 0.15) is 6.92 Å². The summed E-state index contributed by atoms with van der Waals surface area (Å²) in [5.41, 5.74) is 6.25. The van der Waals surface area contributed by atoms with E-state index < -0.39 is 0 Å². The van der Waals surface area contributed by atoms with Crippen LogP contribution >= 0.6 is 0 Å². The SMILES string of the molecule is CCOc1ncnc(Nc2ccn(C)n2)c1N. The zero-order valence-electron chi connectivity index (χ0n) is 9.71. The first kappa shape index (κ1) is 11.2. The average molecular weight is 234 g/mol. The molecular formula is C10H14N6O. The van der Waals surface area contributed by atoms with Gasteiger partial charge in [0, 0.05) is 19.3 Å². The number of aryl methyl sites for hydroxylation is 1. The fourth-order valence-electron chi connectivity index (χ4n) is 1.33. The third-order valence-corrected chi connectivity index (χ3v) is 2.09. The highest BCUT2D eigenvalue weighted by Crippen LogP contribution is 2.26. The van der Waals surface area contributed by atoms with Crippen LogP contribution in [0.4, 0.5) is 17.3 Å².